The first kappa shape index (κ1) is 12.9. The lowest BCUT2D eigenvalue weighted by Gasteiger charge is -2.09. The van der Waals surface area contributed by atoms with Gasteiger partial charge in [0.25, 0.3) is 0 Å². The van der Waals surface area contributed by atoms with E-state index in [9.17, 15) is 4.79 Å². The first-order valence-corrected chi connectivity index (χ1v) is 5.46. The number of nitrogens with two attached hydrogens (primary N) is 1. The summed E-state index contributed by atoms with van der Waals surface area (Å²) < 4.78 is 10.0. The summed E-state index contributed by atoms with van der Waals surface area (Å²) in [4.78, 5) is 11.2. The van der Waals surface area contributed by atoms with E-state index >= 15 is 0 Å². The highest BCUT2D eigenvalue weighted by molar-refractivity contribution is 7.80. The smallest absolute Gasteiger partial charge is 0.324 e. The van der Waals surface area contributed by atoms with Crippen molar-refractivity contribution in [2.24, 2.45) is 5.73 Å². The van der Waals surface area contributed by atoms with Crippen LogP contribution in [0.25, 0.3) is 0 Å². The molecule has 88 valence electrons. The Kier molecular flexibility index (Phi) is 5.14. The summed E-state index contributed by atoms with van der Waals surface area (Å²) in [6.07, 6.45) is 0. The molecule has 0 amide bonds. The van der Waals surface area contributed by atoms with Gasteiger partial charge in [-0.1, -0.05) is 12.1 Å². The summed E-state index contributed by atoms with van der Waals surface area (Å²) in [6.45, 7) is 0.213. The van der Waals surface area contributed by atoms with E-state index < -0.39 is 12.0 Å². The van der Waals surface area contributed by atoms with Crippen LogP contribution >= 0.6 is 12.6 Å². The summed E-state index contributed by atoms with van der Waals surface area (Å²) >= 11 is 3.92. The third-order valence-corrected chi connectivity index (χ3v) is 2.43. The Balaban J connectivity index is 2.45. The number of esters is 1. The molecule has 0 bridgehead atoms. The van der Waals surface area contributed by atoms with Crippen LogP contribution in [0.15, 0.2) is 24.3 Å². The molecule has 1 rings (SSSR count). The maximum atomic E-state index is 11.2. The van der Waals surface area contributed by atoms with Crippen molar-refractivity contribution in [2.45, 2.75) is 12.6 Å². The van der Waals surface area contributed by atoms with E-state index in [-0.39, 0.29) is 12.4 Å². The van der Waals surface area contributed by atoms with Gasteiger partial charge < -0.3 is 15.2 Å². The van der Waals surface area contributed by atoms with Gasteiger partial charge in [0, 0.05) is 5.75 Å². The van der Waals surface area contributed by atoms with Gasteiger partial charge in [-0.2, -0.15) is 12.6 Å². The van der Waals surface area contributed by atoms with E-state index in [1.807, 2.05) is 24.3 Å². The molecule has 16 heavy (non-hydrogen) atoms. The van der Waals surface area contributed by atoms with Crippen molar-refractivity contribution >= 4 is 18.6 Å². The Morgan fingerprint density at radius 2 is 2.06 bits per heavy atom. The minimum absolute atomic E-state index is 0.213. The van der Waals surface area contributed by atoms with Crippen molar-refractivity contribution in [3.05, 3.63) is 29.8 Å². The summed E-state index contributed by atoms with van der Waals surface area (Å²) in [5, 5.41) is 0. The average molecular weight is 241 g/mol. The fourth-order valence-electron chi connectivity index (χ4n) is 1.06. The number of hydrogen-bond acceptors (Lipinski definition) is 5. The third kappa shape index (κ3) is 3.75. The fraction of sp³-hybridized carbons (Fsp3) is 0.364. The van der Waals surface area contributed by atoms with E-state index in [2.05, 4.69) is 12.6 Å². The maximum Gasteiger partial charge on any atom is 0.324 e. The largest absolute Gasteiger partial charge is 0.497 e. The molecular weight excluding hydrogens is 226 g/mol. The van der Waals surface area contributed by atoms with E-state index in [1.165, 1.54) is 0 Å². The van der Waals surface area contributed by atoms with Gasteiger partial charge in [-0.25, -0.2) is 0 Å². The van der Waals surface area contributed by atoms with Gasteiger partial charge in [-0.05, 0) is 17.7 Å². The first-order chi connectivity index (χ1) is 7.67. The van der Waals surface area contributed by atoms with Crippen LogP contribution in [0.1, 0.15) is 5.56 Å². The summed E-state index contributed by atoms with van der Waals surface area (Å²) in [6, 6.07) is 6.61. The Bertz CT molecular complexity index is 340. The Labute approximate surface area is 100 Å². The highest BCUT2D eigenvalue weighted by Crippen LogP contribution is 2.12. The third-order valence-electron chi connectivity index (χ3n) is 2.04. The summed E-state index contributed by atoms with van der Waals surface area (Å²) in [5.41, 5.74) is 6.34. The van der Waals surface area contributed by atoms with Crippen LogP contribution in [0.4, 0.5) is 0 Å². The number of thiol groups is 1. The monoisotopic (exact) mass is 241 g/mol. The molecule has 1 atom stereocenters. The van der Waals surface area contributed by atoms with Crippen LogP contribution in [-0.2, 0) is 16.1 Å². The maximum absolute atomic E-state index is 11.2. The molecule has 1 aromatic rings. The molecule has 0 aromatic heterocycles. The van der Waals surface area contributed by atoms with Crippen LogP contribution in [0, 0.1) is 0 Å². The van der Waals surface area contributed by atoms with E-state index in [0.717, 1.165) is 11.3 Å². The zero-order valence-corrected chi connectivity index (χ0v) is 9.94. The number of methoxy groups -OCH3 is 1. The van der Waals surface area contributed by atoms with E-state index in [1.54, 1.807) is 7.11 Å². The second-order valence-corrected chi connectivity index (χ2v) is 3.61. The molecule has 0 fully saturated rings. The first-order valence-electron chi connectivity index (χ1n) is 4.83. The summed E-state index contributed by atoms with van der Waals surface area (Å²) in [7, 11) is 1.60. The zero-order chi connectivity index (χ0) is 12.0. The molecule has 4 nitrogen and oxygen atoms in total. The van der Waals surface area contributed by atoms with Gasteiger partial charge in [0.2, 0.25) is 0 Å². The number of benzene rings is 1. The quantitative estimate of drug-likeness (QED) is 0.596. The Morgan fingerprint density at radius 1 is 1.44 bits per heavy atom. The van der Waals surface area contributed by atoms with Crippen molar-refractivity contribution < 1.29 is 14.3 Å². The van der Waals surface area contributed by atoms with Crippen LogP contribution < -0.4 is 10.5 Å². The van der Waals surface area contributed by atoms with Gasteiger partial charge in [-0.3, -0.25) is 4.79 Å². The van der Waals surface area contributed by atoms with Crippen molar-refractivity contribution in [3.8, 4) is 5.75 Å². The molecule has 1 unspecified atom stereocenters. The minimum atomic E-state index is -0.665. The molecule has 0 aliphatic rings. The second kappa shape index (κ2) is 6.40. The standard InChI is InChI=1S/C11H15NO3S/c1-14-9-4-2-8(3-5-9)6-15-11(13)10(12)7-16/h2-5,10,16H,6-7,12H2,1H3. The Morgan fingerprint density at radius 3 is 2.56 bits per heavy atom. The molecule has 0 aliphatic heterocycles. The predicted octanol–water partition coefficient (Wildman–Crippen LogP) is 0.996. The van der Waals surface area contributed by atoms with Gasteiger partial charge in [0.05, 0.1) is 7.11 Å². The lowest BCUT2D eigenvalue weighted by Crippen LogP contribution is -2.33. The highest BCUT2D eigenvalue weighted by Gasteiger charge is 2.12. The molecule has 0 aliphatic carbocycles. The van der Waals surface area contributed by atoms with Crippen molar-refractivity contribution in [2.75, 3.05) is 12.9 Å². The van der Waals surface area contributed by atoms with E-state index in [0.29, 0.717) is 0 Å². The molecule has 1 aromatic carbocycles. The molecule has 0 heterocycles. The lowest BCUT2D eigenvalue weighted by molar-refractivity contribution is -0.145. The van der Waals surface area contributed by atoms with Crippen LogP contribution in [0.3, 0.4) is 0 Å². The van der Waals surface area contributed by atoms with Crippen LogP contribution in [0.2, 0.25) is 0 Å². The van der Waals surface area contributed by atoms with Gasteiger partial charge in [0.1, 0.15) is 18.4 Å². The number of carbonyl (C=O) groups excluding carboxylic acids is 1. The Hall–Kier alpha value is -1.20. The molecular formula is C11H15NO3S. The SMILES string of the molecule is COc1ccc(COC(=O)C(N)CS)cc1. The van der Waals surface area contributed by atoms with Gasteiger partial charge in [0.15, 0.2) is 0 Å². The number of ether oxygens (including phenoxy) is 2. The van der Waals surface area contributed by atoms with Gasteiger partial charge >= 0.3 is 5.97 Å². The van der Waals surface area contributed by atoms with Crippen LogP contribution in [0.5, 0.6) is 5.75 Å². The number of carbonyl (C=O) groups is 1. The highest BCUT2D eigenvalue weighted by atomic mass is 32.1. The second-order valence-electron chi connectivity index (χ2n) is 3.24. The van der Waals surface area contributed by atoms with Crippen molar-refractivity contribution in [1.82, 2.24) is 0 Å². The van der Waals surface area contributed by atoms with E-state index in [4.69, 9.17) is 15.2 Å². The topological polar surface area (TPSA) is 61.5 Å². The lowest BCUT2D eigenvalue weighted by atomic mass is 10.2. The summed E-state index contributed by atoms with van der Waals surface area (Å²) in [5.74, 6) is 0.606. The molecule has 0 radical (unpaired) electrons. The zero-order valence-electron chi connectivity index (χ0n) is 9.05. The molecule has 5 heteroatoms. The number of hydrogen-bond donors (Lipinski definition) is 2. The fourth-order valence-corrected chi connectivity index (χ4v) is 1.21. The molecule has 0 saturated heterocycles. The number of rotatable bonds is 5. The average Bonchev–Trinajstić information content (AvgIpc) is 2.35. The van der Waals surface area contributed by atoms with Crippen LogP contribution in [-0.4, -0.2) is 24.9 Å². The predicted molar refractivity (Wildman–Crippen MR) is 64.6 cm³/mol. The van der Waals surface area contributed by atoms with Crippen molar-refractivity contribution in [3.63, 3.8) is 0 Å². The van der Waals surface area contributed by atoms with Crippen molar-refractivity contribution in [1.29, 1.82) is 0 Å². The molecule has 0 spiro atoms. The van der Waals surface area contributed by atoms with Gasteiger partial charge in [-0.15, -0.1) is 0 Å². The molecule has 2 N–H and O–H groups in total. The minimum Gasteiger partial charge on any atom is -0.497 e. The normalized spacial score (nSPS) is 11.9. The molecule has 0 saturated carbocycles.